The second-order valence-electron chi connectivity index (χ2n) is 16.3. The predicted molar refractivity (Wildman–Crippen MR) is 268 cm³/mol. The topological polar surface area (TPSA) is 159 Å². The van der Waals surface area contributed by atoms with Crippen molar-refractivity contribution in [2.45, 2.75) is 57.2 Å². The van der Waals surface area contributed by atoms with E-state index in [-0.39, 0.29) is 62.2 Å². The van der Waals surface area contributed by atoms with Gasteiger partial charge in [0.25, 0.3) is 0 Å². The normalized spacial score (nSPS) is 11.9. The van der Waals surface area contributed by atoms with Gasteiger partial charge in [-0.25, -0.2) is 14.4 Å². The van der Waals surface area contributed by atoms with E-state index in [0.29, 0.717) is 16.9 Å². The number of halogens is 1. The van der Waals surface area contributed by atoms with E-state index >= 15 is 9.59 Å². The Morgan fingerprint density at radius 2 is 1.11 bits per heavy atom. The minimum absolute atomic E-state index is 0.0152. The zero-order valence-corrected chi connectivity index (χ0v) is 40.5. The molecule has 1 N–H and O–H groups in total. The summed E-state index contributed by atoms with van der Waals surface area (Å²) < 4.78 is 33.6. The highest BCUT2D eigenvalue weighted by Gasteiger charge is 2.39. The van der Waals surface area contributed by atoms with Gasteiger partial charge in [-0.1, -0.05) is 164 Å². The number of hydrogen-bond acceptors (Lipinski definition) is 11. The highest BCUT2D eigenvalue weighted by molar-refractivity contribution is 6.33. The Labute approximate surface area is 418 Å². The Hall–Kier alpha value is -8.10. The summed E-state index contributed by atoms with van der Waals surface area (Å²) in [7, 11) is 4.39. The Morgan fingerprint density at radius 3 is 1.68 bits per heavy atom. The van der Waals surface area contributed by atoms with Crippen LogP contribution in [-0.4, -0.2) is 85.8 Å². The minimum atomic E-state index is -1.34. The summed E-state index contributed by atoms with van der Waals surface area (Å²) in [6, 6.07) is 42.6. The van der Waals surface area contributed by atoms with Crippen molar-refractivity contribution in [3.05, 3.63) is 209 Å². The first kappa shape index (κ1) is 52.3. The van der Waals surface area contributed by atoms with E-state index in [4.69, 9.17) is 40.0 Å². The SMILES string of the molecule is C=CCOC(=O)[C@H](Cc1ccccc1)N(C)C(=O)[C@@H](Cc1ccc(OC)c(OCc2ccccc2)c1Cl)N(C)C(=O)[C@@H](Cc1ccc(OC(=O)OCc2ccccc2)cc1)NC(=O)OCc1ccccc1. The van der Waals surface area contributed by atoms with Gasteiger partial charge in [-0.05, 0) is 51.6 Å². The third-order valence-electron chi connectivity index (χ3n) is 11.4. The largest absolute Gasteiger partial charge is 0.514 e. The summed E-state index contributed by atoms with van der Waals surface area (Å²) in [4.78, 5) is 72.6. The molecule has 0 heterocycles. The second-order valence-corrected chi connectivity index (χ2v) is 16.7. The molecule has 71 heavy (non-hydrogen) atoms. The van der Waals surface area contributed by atoms with E-state index in [9.17, 15) is 14.4 Å². The number of benzene rings is 6. The molecule has 0 unspecified atom stereocenters. The molecular weight excluding hydrogens is 926 g/mol. The van der Waals surface area contributed by atoms with Gasteiger partial charge in [0.2, 0.25) is 11.8 Å². The maximum Gasteiger partial charge on any atom is 0.514 e. The second kappa shape index (κ2) is 26.6. The van der Waals surface area contributed by atoms with Gasteiger partial charge in [0, 0.05) is 33.4 Å². The summed E-state index contributed by atoms with van der Waals surface area (Å²) in [5, 5.41) is 2.86. The van der Waals surface area contributed by atoms with Crippen LogP contribution in [0.25, 0.3) is 0 Å². The lowest BCUT2D eigenvalue weighted by Crippen LogP contribution is -2.58. The highest BCUT2D eigenvalue weighted by Crippen LogP contribution is 2.39. The molecule has 0 aromatic heterocycles. The summed E-state index contributed by atoms with van der Waals surface area (Å²) >= 11 is 7.13. The number of nitrogens with one attached hydrogen (secondary N) is 1. The van der Waals surface area contributed by atoms with Crippen LogP contribution in [-0.2, 0) is 67.7 Å². The van der Waals surface area contributed by atoms with Crippen LogP contribution in [0.15, 0.2) is 170 Å². The first-order valence-corrected chi connectivity index (χ1v) is 23.1. The summed E-state index contributed by atoms with van der Waals surface area (Å²) in [5.74, 6) is -1.27. The summed E-state index contributed by atoms with van der Waals surface area (Å²) in [6.45, 7) is 3.64. The third-order valence-corrected chi connectivity index (χ3v) is 11.8. The lowest BCUT2D eigenvalue weighted by molar-refractivity contribution is -0.156. The Morgan fingerprint density at radius 1 is 0.592 bits per heavy atom. The van der Waals surface area contributed by atoms with Crippen LogP contribution in [0.3, 0.4) is 0 Å². The van der Waals surface area contributed by atoms with Crippen LogP contribution in [0, 0.1) is 0 Å². The standard InChI is InChI=1S/C56H56ClN3O11/c1-5-32-67-54(63)48(34-39-18-10-6-11-19-39)60(3)53(62)47(35-44-28-31-49(66-4)51(50(44)57)68-36-41-20-12-7-13-21-41)59(2)52(61)46(58-55(64)69-37-42-22-14-8-15-23-42)33-40-26-29-45(30-27-40)71-56(65)70-38-43-24-16-9-17-25-43/h5-31,46-48H,1,32-38H2,2-4H3,(H,58,64)/t46-,47-,48+/m1/s1. The number of likely N-dealkylation sites (N-methyl/N-ethyl adjacent to an activating group) is 2. The molecule has 6 aromatic carbocycles. The van der Waals surface area contributed by atoms with Gasteiger partial charge in [-0.3, -0.25) is 9.59 Å². The molecule has 0 saturated carbocycles. The Kier molecular flexibility index (Phi) is 19.6. The van der Waals surface area contributed by atoms with Crippen molar-refractivity contribution in [3.63, 3.8) is 0 Å². The molecule has 0 bridgehead atoms. The quantitative estimate of drug-likeness (QED) is 0.0282. The number of ether oxygens (including phenoxy) is 6. The molecule has 0 aliphatic heterocycles. The molecule has 3 atom stereocenters. The molecule has 3 amide bonds. The van der Waals surface area contributed by atoms with Crippen molar-refractivity contribution in [3.8, 4) is 17.2 Å². The summed E-state index contributed by atoms with van der Waals surface area (Å²) in [6.07, 6.45) is -0.555. The number of amides is 3. The van der Waals surface area contributed by atoms with Crippen molar-refractivity contribution in [2.75, 3.05) is 27.8 Å². The molecule has 0 fully saturated rings. The predicted octanol–water partition coefficient (Wildman–Crippen LogP) is 9.35. The third kappa shape index (κ3) is 15.4. The Bertz CT molecular complexity index is 2690. The van der Waals surface area contributed by atoms with Crippen molar-refractivity contribution in [2.24, 2.45) is 0 Å². The van der Waals surface area contributed by atoms with Gasteiger partial charge >= 0.3 is 18.2 Å². The molecule has 0 radical (unpaired) electrons. The molecule has 6 aromatic rings. The number of rotatable bonds is 23. The van der Waals surface area contributed by atoms with Gasteiger partial charge in [0.05, 0.1) is 12.1 Å². The maximum atomic E-state index is 15.2. The average molecular weight is 983 g/mol. The number of alkyl carbamates (subject to hydrolysis) is 1. The van der Waals surface area contributed by atoms with Gasteiger partial charge in [0.1, 0.15) is 50.3 Å². The molecular formula is C56H56ClN3O11. The molecule has 0 aliphatic carbocycles. The van der Waals surface area contributed by atoms with Crippen molar-refractivity contribution < 1.29 is 52.4 Å². The zero-order chi connectivity index (χ0) is 50.5. The average Bonchev–Trinajstić information content (AvgIpc) is 3.40. The smallest absolute Gasteiger partial charge is 0.493 e. The molecule has 0 aliphatic rings. The highest BCUT2D eigenvalue weighted by atomic mass is 35.5. The van der Waals surface area contributed by atoms with E-state index in [2.05, 4.69) is 11.9 Å². The van der Waals surface area contributed by atoms with Crippen LogP contribution < -0.4 is 19.5 Å². The van der Waals surface area contributed by atoms with Crippen LogP contribution in [0.5, 0.6) is 17.2 Å². The summed E-state index contributed by atoms with van der Waals surface area (Å²) in [5.41, 5.74) is 4.10. The molecule has 0 saturated heterocycles. The van der Waals surface area contributed by atoms with Gasteiger partial charge < -0.3 is 43.5 Å². The molecule has 368 valence electrons. The van der Waals surface area contributed by atoms with Crippen LogP contribution in [0.4, 0.5) is 9.59 Å². The number of nitrogens with zero attached hydrogens (tertiary/aromatic N) is 2. The van der Waals surface area contributed by atoms with Gasteiger partial charge in [-0.2, -0.15) is 0 Å². The lowest BCUT2D eigenvalue weighted by Gasteiger charge is -2.36. The van der Waals surface area contributed by atoms with Gasteiger partial charge in [0.15, 0.2) is 11.5 Å². The fourth-order valence-corrected chi connectivity index (χ4v) is 7.77. The first-order valence-electron chi connectivity index (χ1n) is 22.8. The molecule has 14 nitrogen and oxygen atoms in total. The fourth-order valence-electron chi connectivity index (χ4n) is 7.48. The van der Waals surface area contributed by atoms with Crippen molar-refractivity contribution >= 4 is 41.6 Å². The van der Waals surface area contributed by atoms with Crippen molar-refractivity contribution in [1.82, 2.24) is 15.1 Å². The molecule has 0 spiro atoms. The number of methoxy groups -OCH3 is 1. The number of esters is 1. The van der Waals surface area contributed by atoms with E-state index in [1.54, 1.807) is 48.5 Å². The maximum absolute atomic E-state index is 15.2. The zero-order valence-electron chi connectivity index (χ0n) is 39.7. The van der Waals surface area contributed by atoms with Crippen LogP contribution in [0.1, 0.15) is 33.4 Å². The number of carbonyl (C=O) groups is 5. The number of carbonyl (C=O) groups excluding carboxylic acids is 5. The first-order chi connectivity index (χ1) is 34.4. The lowest BCUT2D eigenvalue weighted by atomic mass is 9.98. The van der Waals surface area contributed by atoms with Crippen LogP contribution in [0.2, 0.25) is 5.02 Å². The van der Waals surface area contributed by atoms with Crippen molar-refractivity contribution in [1.29, 1.82) is 0 Å². The molecule has 6 rings (SSSR count). The van der Waals surface area contributed by atoms with E-state index in [0.717, 1.165) is 22.3 Å². The van der Waals surface area contributed by atoms with E-state index in [1.807, 2.05) is 97.1 Å². The fraction of sp³-hybridized carbons (Fsp3) is 0.232. The van der Waals surface area contributed by atoms with E-state index < -0.39 is 48.2 Å². The monoisotopic (exact) mass is 981 g/mol. The Balaban J connectivity index is 1.32. The molecule has 15 heteroatoms. The van der Waals surface area contributed by atoms with Crippen LogP contribution >= 0.6 is 11.6 Å². The van der Waals surface area contributed by atoms with Gasteiger partial charge in [-0.15, -0.1) is 0 Å². The number of hydrogen-bond donors (Lipinski definition) is 1. The minimum Gasteiger partial charge on any atom is -0.493 e. The van der Waals surface area contributed by atoms with E-state index in [1.165, 1.54) is 49.2 Å².